The molecule has 0 saturated heterocycles. The number of halogens is 2. The largest absolute Gasteiger partial charge is 0.298 e. The van der Waals surface area contributed by atoms with Crippen LogP contribution >= 0.6 is 31.9 Å². The number of rotatable bonds is 2. The van der Waals surface area contributed by atoms with Gasteiger partial charge in [-0.15, -0.1) is 0 Å². The number of ketones is 1. The lowest BCUT2D eigenvalue weighted by molar-refractivity contribution is -0.116. The zero-order valence-electron chi connectivity index (χ0n) is 7.47. The Hall–Kier alpha value is -0.150. The Kier molecular flexibility index (Phi) is 3.68. The van der Waals surface area contributed by atoms with Crippen molar-refractivity contribution >= 4 is 37.6 Å². The molecular formula is C10H10Br2O. The van der Waals surface area contributed by atoms with Gasteiger partial charge in [0, 0.05) is 4.47 Å². The maximum Gasteiger partial charge on any atom is 0.147 e. The van der Waals surface area contributed by atoms with Crippen molar-refractivity contribution in [2.45, 2.75) is 18.7 Å². The summed E-state index contributed by atoms with van der Waals surface area (Å²) < 4.78 is 1.04. The average molecular weight is 306 g/mol. The van der Waals surface area contributed by atoms with Crippen LogP contribution in [0.5, 0.6) is 0 Å². The highest BCUT2D eigenvalue weighted by Gasteiger charge is 2.12. The number of Topliss-reactive ketones (excluding diaryl/α,β-unsaturated/α-hetero) is 1. The third-order valence-corrected chi connectivity index (χ3v) is 3.87. The second-order valence-electron chi connectivity index (χ2n) is 2.98. The molecule has 0 radical (unpaired) electrons. The second-order valence-corrected chi connectivity index (χ2v) is 4.75. The smallest absolute Gasteiger partial charge is 0.147 e. The standard InChI is InChI=1S/C10H10Br2O/c1-6-3-4-8(5-9(6)11)10(12)7(2)13/h3-5,10H,1-2H3. The quantitative estimate of drug-likeness (QED) is 0.760. The van der Waals surface area contributed by atoms with Gasteiger partial charge >= 0.3 is 0 Å². The van der Waals surface area contributed by atoms with Crippen molar-refractivity contribution in [1.29, 1.82) is 0 Å². The van der Waals surface area contributed by atoms with Gasteiger partial charge in [0.25, 0.3) is 0 Å². The van der Waals surface area contributed by atoms with Crippen LogP contribution in [0.2, 0.25) is 0 Å². The monoisotopic (exact) mass is 304 g/mol. The summed E-state index contributed by atoms with van der Waals surface area (Å²) in [5.41, 5.74) is 2.16. The molecule has 0 N–H and O–H groups in total. The molecule has 3 heteroatoms. The van der Waals surface area contributed by atoms with Crippen LogP contribution in [0.3, 0.4) is 0 Å². The number of aryl methyl sites for hydroxylation is 1. The molecule has 0 spiro atoms. The summed E-state index contributed by atoms with van der Waals surface area (Å²) in [6.45, 7) is 3.60. The molecule has 1 unspecified atom stereocenters. The van der Waals surface area contributed by atoms with Gasteiger partial charge in [0.2, 0.25) is 0 Å². The highest BCUT2D eigenvalue weighted by atomic mass is 79.9. The molecule has 0 aliphatic carbocycles. The highest BCUT2D eigenvalue weighted by molar-refractivity contribution is 9.10. The van der Waals surface area contributed by atoms with Gasteiger partial charge in [0.15, 0.2) is 0 Å². The maximum absolute atomic E-state index is 11.1. The number of benzene rings is 1. The maximum atomic E-state index is 11.1. The Morgan fingerprint density at radius 1 is 1.46 bits per heavy atom. The lowest BCUT2D eigenvalue weighted by atomic mass is 10.1. The van der Waals surface area contributed by atoms with Gasteiger partial charge in [-0.05, 0) is 31.0 Å². The van der Waals surface area contributed by atoms with Crippen LogP contribution in [0.15, 0.2) is 22.7 Å². The Balaban J connectivity index is 3.03. The first-order valence-corrected chi connectivity index (χ1v) is 5.64. The summed E-state index contributed by atoms with van der Waals surface area (Å²) in [6.07, 6.45) is 0. The Morgan fingerprint density at radius 2 is 2.08 bits per heavy atom. The van der Waals surface area contributed by atoms with Gasteiger partial charge in [-0.2, -0.15) is 0 Å². The topological polar surface area (TPSA) is 17.1 Å². The van der Waals surface area contributed by atoms with Crippen molar-refractivity contribution in [2.75, 3.05) is 0 Å². The van der Waals surface area contributed by atoms with Crippen LogP contribution < -0.4 is 0 Å². The first-order chi connectivity index (χ1) is 6.02. The van der Waals surface area contributed by atoms with E-state index in [1.807, 2.05) is 25.1 Å². The van der Waals surface area contributed by atoms with Crippen LogP contribution in [0, 0.1) is 6.92 Å². The van der Waals surface area contributed by atoms with Gasteiger partial charge < -0.3 is 0 Å². The zero-order chi connectivity index (χ0) is 10.0. The molecule has 13 heavy (non-hydrogen) atoms. The van der Waals surface area contributed by atoms with E-state index in [0.29, 0.717) is 0 Å². The van der Waals surface area contributed by atoms with Gasteiger partial charge in [0.05, 0.1) is 4.83 Å². The summed E-state index contributed by atoms with van der Waals surface area (Å²) in [6, 6.07) is 5.92. The van der Waals surface area contributed by atoms with E-state index >= 15 is 0 Å². The molecule has 0 bridgehead atoms. The Bertz CT molecular complexity index is 334. The molecule has 1 nitrogen and oxygen atoms in total. The molecule has 0 aliphatic rings. The van der Waals surface area contributed by atoms with E-state index in [0.717, 1.165) is 10.0 Å². The minimum absolute atomic E-state index is 0.121. The molecule has 0 heterocycles. The first-order valence-electron chi connectivity index (χ1n) is 3.93. The molecule has 1 aromatic rings. The van der Waals surface area contributed by atoms with Crippen molar-refractivity contribution in [2.24, 2.45) is 0 Å². The van der Waals surface area contributed by atoms with E-state index in [1.165, 1.54) is 5.56 Å². The first kappa shape index (κ1) is 10.9. The highest BCUT2D eigenvalue weighted by Crippen LogP contribution is 2.27. The predicted molar refractivity (Wildman–Crippen MR) is 61.2 cm³/mol. The minimum atomic E-state index is -0.190. The van der Waals surface area contributed by atoms with Crippen molar-refractivity contribution in [3.05, 3.63) is 33.8 Å². The third-order valence-electron chi connectivity index (χ3n) is 1.85. The normalized spacial score (nSPS) is 12.6. The Labute approximate surface area is 94.8 Å². The van der Waals surface area contributed by atoms with Gasteiger partial charge in [0.1, 0.15) is 5.78 Å². The molecular weight excluding hydrogens is 296 g/mol. The van der Waals surface area contributed by atoms with Crippen LogP contribution in [-0.2, 0) is 4.79 Å². The third kappa shape index (κ3) is 2.64. The average Bonchev–Trinajstić information content (AvgIpc) is 2.08. The lowest BCUT2D eigenvalue weighted by Gasteiger charge is -2.07. The fraction of sp³-hybridized carbons (Fsp3) is 0.300. The van der Waals surface area contributed by atoms with E-state index < -0.39 is 0 Å². The van der Waals surface area contributed by atoms with Crippen molar-refractivity contribution in [3.8, 4) is 0 Å². The molecule has 0 fully saturated rings. The summed E-state index contributed by atoms with van der Waals surface area (Å²) >= 11 is 6.77. The fourth-order valence-electron chi connectivity index (χ4n) is 1.00. The van der Waals surface area contributed by atoms with Crippen LogP contribution in [0.1, 0.15) is 22.9 Å². The summed E-state index contributed by atoms with van der Waals surface area (Å²) in [4.78, 5) is 10.9. The molecule has 1 rings (SSSR count). The van der Waals surface area contributed by atoms with E-state index in [-0.39, 0.29) is 10.6 Å². The number of alkyl halides is 1. The predicted octanol–water partition coefficient (Wildman–Crippen LogP) is 3.78. The Morgan fingerprint density at radius 3 is 2.54 bits per heavy atom. The SMILES string of the molecule is CC(=O)C(Br)c1ccc(C)c(Br)c1. The number of hydrogen-bond donors (Lipinski definition) is 0. The van der Waals surface area contributed by atoms with Crippen molar-refractivity contribution < 1.29 is 4.79 Å². The second kappa shape index (κ2) is 4.38. The molecule has 0 aliphatic heterocycles. The van der Waals surface area contributed by atoms with Gasteiger partial charge in [-0.3, -0.25) is 4.79 Å². The zero-order valence-corrected chi connectivity index (χ0v) is 10.6. The van der Waals surface area contributed by atoms with E-state index in [1.54, 1.807) is 6.92 Å². The van der Waals surface area contributed by atoms with E-state index in [4.69, 9.17) is 0 Å². The molecule has 0 saturated carbocycles. The lowest BCUT2D eigenvalue weighted by Crippen LogP contribution is -2.00. The minimum Gasteiger partial charge on any atom is -0.298 e. The fourth-order valence-corrected chi connectivity index (χ4v) is 1.68. The molecule has 0 amide bonds. The molecule has 1 atom stereocenters. The van der Waals surface area contributed by atoms with Crippen molar-refractivity contribution in [3.63, 3.8) is 0 Å². The number of hydrogen-bond acceptors (Lipinski definition) is 1. The van der Waals surface area contributed by atoms with E-state index in [2.05, 4.69) is 31.9 Å². The molecule has 70 valence electrons. The van der Waals surface area contributed by atoms with Crippen LogP contribution in [-0.4, -0.2) is 5.78 Å². The summed E-state index contributed by atoms with van der Waals surface area (Å²) in [7, 11) is 0. The summed E-state index contributed by atoms with van der Waals surface area (Å²) in [5.74, 6) is 0.121. The number of carbonyl (C=O) groups is 1. The van der Waals surface area contributed by atoms with Gasteiger partial charge in [-0.25, -0.2) is 0 Å². The summed E-state index contributed by atoms with van der Waals surface area (Å²) in [5, 5.41) is 0. The molecule has 1 aromatic carbocycles. The molecule has 0 aromatic heterocycles. The number of carbonyl (C=O) groups excluding carboxylic acids is 1. The van der Waals surface area contributed by atoms with Crippen LogP contribution in [0.25, 0.3) is 0 Å². The van der Waals surface area contributed by atoms with E-state index in [9.17, 15) is 4.79 Å². The van der Waals surface area contributed by atoms with Gasteiger partial charge in [-0.1, -0.05) is 44.0 Å². The van der Waals surface area contributed by atoms with Crippen LogP contribution in [0.4, 0.5) is 0 Å². The van der Waals surface area contributed by atoms with Crippen molar-refractivity contribution in [1.82, 2.24) is 0 Å².